The van der Waals surface area contributed by atoms with Crippen LogP contribution in [-0.4, -0.2) is 41.3 Å². The van der Waals surface area contributed by atoms with E-state index in [1.807, 2.05) is 53.6 Å². The molecule has 30 heavy (non-hydrogen) atoms. The zero-order chi connectivity index (χ0) is 20.9. The molecule has 0 unspecified atom stereocenters. The first-order valence-electron chi connectivity index (χ1n) is 10.2. The largest absolute Gasteiger partial charge is 0.444 e. The number of likely N-dealkylation sites (tertiary alicyclic amines) is 1. The number of oxazole rings is 1. The van der Waals surface area contributed by atoms with Crippen molar-refractivity contribution in [2.45, 2.75) is 26.2 Å². The van der Waals surface area contributed by atoms with E-state index in [0.29, 0.717) is 44.8 Å². The van der Waals surface area contributed by atoms with E-state index in [1.165, 1.54) is 16.9 Å². The summed E-state index contributed by atoms with van der Waals surface area (Å²) in [6, 6.07) is 11.8. The normalized spacial score (nSPS) is 14.6. The summed E-state index contributed by atoms with van der Waals surface area (Å²) in [5.74, 6) is 0.677. The molecule has 2 aromatic heterocycles. The lowest BCUT2D eigenvalue weighted by Gasteiger charge is -2.31. The number of nitrogens with one attached hydrogen (secondary N) is 1. The fourth-order valence-corrected chi connectivity index (χ4v) is 4.30. The zero-order valence-electron chi connectivity index (χ0n) is 17.0. The van der Waals surface area contributed by atoms with Gasteiger partial charge in [0.1, 0.15) is 6.26 Å². The monoisotopic (exact) mass is 423 g/mol. The molecule has 156 valence electrons. The molecule has 3 aromatic rings. The minimum absolute atomic E-state index is 0.0437. The minimum Gasteiger partial charge on any atom is -0.444 e. The standard InChI is InChI=1S/C23H25N3O3S/c1-16-4-6-18(7-5-16)22-25-19(15-29-22)8-11-24-21(27)17-9-12-26(13-10-17)23(28)20-3-2-14-30-20/h2-7,14-15,17H,8-13H2,1H3,(H,24,27). The highest BCUT2D eigenvalue weighted by Crippen LogP contribution is 2.21. The summed E-state index contributed by atoms with van der Waals surface area (Å²) in [6.07, 6.45) is 3.67. The number of amides is 2. The fraction of sp³-hybridized carbons (Fsp3) is 0.348. The minimum atomic E-state index is -0.0437. The molecular weight excluding hydrogens is 398 g/mol. The van der Waals surface area contributed by atoms with Crippen molar-refractivity contribution in [3.05, 3.63) is 64.2 Å². The second-order valence-electron chi connectivity index (χ2n) is 7.59. The number of nitrogens with zero attached hydrogens (tertiary/aromatic N) is 2. The Bertz CT molecular complexity index is 987. The SMILES string of the molecule is Cc1ccc(-c2nc(CCNC(=O)C3CCN(C(=O)c4cccs4)CC3)co2)cc1. The van der Waals surface area contributed by atoms with Gasteiger partial charge in [-0.3, -0.25) is 9.59 Å². The summed E-state index contributed by atoms with van der Waals surface area (Å²) >= 11 is 1.46. The number of aromatic nitrogens is 1. The second-order valence-corrected chi connectivity index (χ2v) is 8.54. The molecule has 1 saturated heterocycles. The van der Waals surface area contributed by atoms with Crippen molar-refractivity contribution >= 4 is 23.2 Å². The van der Waals surface area contributed by atoms with Gasteiger partial charge >= 0.3 is 0 Å². The molecule has 1 N–H and O–H groups in total. The van der Waals surface area contributed by atoms with Gasteiger partial charge in [-0.2, -0.15) is 0 Å². The molecule has 0 atom stereocenters. The van der Waals surface area contributed by atoms with Gasteiger partial charge in [0.15, 0.2) is 0 Å². The maximum atomic E-state index is 12.5. The Morgan fingerprint density at radius 1 is 1.20 bits per heavy atom. The molecule has 6 nitrogen and oxygen atoms in total. The number of hydrogen-bond acceptors (Lipinski definition) is 5. The van der Waals surface area contributed by atoms with E-state index in [4.69, 9.17) is 4.42 Å². The molecule has 0 aliphatic carbocycles. The smallest absolute Gasteiger partial charge is 0.263 e. The summed E-state index contributed by atoms with van der Waals surface area (Å²) < 4.78 is 5.57. The van der Waals surface area contributed by atoms with Crippen molar-refractivity contribution in [1.82, 2.24) is 15.2 Å². The number of rotatable bonds is 6. The number of thiophene rings is 1. The summed E-state index contributed by atoms with van der Waals surface area (Å²) in [6.45, 7) is 3.81. The average Bonchev–Trinajstić information content (AvgIpc) is 3.46. The van der Waals surface area contributed by atoms with Crippen LogP contribution < -0.4 is 5.32 Å². The molecule has 0 bridgehead atoms. The molecular formula is C23H25N3O3S. The molecule has 0 saturated carbocycles. The first-order valence-corrected chi connectivity index (χ1v) is 11.1. The lowest BCUT2D eigenvalue weighted by Crippen LogP contribution is -2.43. The van der Waals surface area contributed by atoms with E-state index >= 15 is 0 Å². The molecule has 1 fully saturated rings. The van der Waals surface area contributed by atoms with E-state index in [9.17, 15) is 9.59 Å². The number of carbonyl (C=O) groups is 2. The van der Waals surface area contributed by atoms with Gasteiger partial charge in [-0.05, 0) is 43.3 Å². The van der Waals surface area contributed by atoms with E-state index in [1.54, 1.807) is 6.26 Å². The quantitative estimate of drug-likeness (QED) is 0.652. The first kappa shape index (κ1) is 20.3. The Kier molecular flexibility index (Phi) is 6.28. The maximum Gasteiger partial charge on any atom is 0.263 e. The summed E-state index contributed by atoms with van der Waals surface area (Å²) in [4.78, 5) is 32.0. The van der Waals surface area contributed by atoms with Gasteiger partial charge in [-0.15, -0.1) is 11.3 Å². The van der Waals surface area contributed by atoms with Crippen LogP contribution in [0.15, 0.2) is 52.5 Å². The number of aryl methyl sites for hydroxylation is 1. The molecule has 3 heterocycles. The lowest BCUT2D eigenvalue weighted by atomic mass is 9.95. The second kappa shape index (κ2) is 9.26. The molecule has 4 rings (SSSR count). The maximum absolute atomic E-state index is 12.5. The van der Waals surface area contributed by atoms with Crippen LogP contribution in [0.2, 0.25) is 0 Å². The Morgan fingerprint density at radius 2 is 1.97 bits per heavy atom. The van der Waals surface area contributed by atoms with Crippen LogP contribution in [-0.2, 0) is 11.2 Å². The highest BCUT2D eigenvalue weighted by Gasteiger charge is 2.28. The molecule has 1 aliphatic heterocycles. The number of hydrogen-bond donors (Lipinski definition) is 1. The third kappa shape index (κ3) is 4.79. The van der Waals surface area contributed by atoms with Crippen molar-refractivity contribution in [2.75, 3.05) is 19.6 Å². The Labute approximate surface area is 179 Å². The van der Waals surface area contributed by atoms with Crippen LogP contribution in [0.5, 0.6) is 0 Å². The first-order chi connectivity index (χ1) is 14.6. The van der Waals surface area contributed by atoms with Gasteiger partial charge in [0.25, 0.3) is 5.91 Å². The van der Waals surface area contributed by atoms with Crippen LogP contribution in [0.4, 0.5) is 0 Å². The predicted molar refractivity (Wildman–Crippen MR) is 116 cm³/mol. The highest BCUT2D eigenvalue weighted by atomic mass is 32.1. The van der Waals surface area contributed by atoms with Gasteiger partial charge in [-0.25, -0.2) is 4.98 Å². The lowest BCUT2D eigenvalue weighted by molar-refractivity contribution is -0.126. The third-order valence-electron chi connectivity index (χ3n) is 5.42. The Hall–Kier alpha value is -2.93. The molecule has 2 amide bonds. The highest BCUT2D eigenvalue weighted by molar-refractivity contribution is 7.12. The van der Waals surface area contributed by atoms with Gasteiger partial charge < -0.3 is 14.6 Å². The van der Waals surface area contributed by atoms with Crippen LogP contribution >= 0.6 is 11.3 Å². The number of piperidine rings is 1. The van der Waals surface area contributed by atoms with Crippen molar-refractivity contribution in [3.63, 3.8) is 0 Å². The van der Waals surface area contributed by atoms with E-state index in [-0.39, 0.29) is 17.7 Å². The average molecular weight is 424 g/mol. The van der Waals surface area contributed by atoms with Crippen LogP contribution in [0.3, 0.4) is 0 Å². The predicted octanol–water partition coefficient (Wildman–Crippen LogP) is 3.92. The zero-order valence-corrected chi connectivity index (χ0v) is 17.8. The number of benzene rings is 1. The molecule has 7 heteroatoms. The van der Waals surface area contributed by atoms with Gasteiger partial charge in [0.05, 0.1) is 10.6 Å². The Morgan fingerprint density at radius 3 is 2.67 bits per heavy atom. The van der Waals surface area contributed by atoms with Crippen LogP contribution in [0.25, 0.3) is 11.5 Å². The summed E-state index contributed by atoms with van der Waals surface area (Å²) in [5, 5.41) is 4.92. The molecule has 0 spiro atoms. The van der Waals surface area contributed by atoms with Crippen molar-refractivity contribution in [2.24, 2.45) is 5.92 Å². The van der Waals surface area contributed by atoms with Crippen molar-refractivity contribution < 1.29 is 14.0 Å². The van der Waals surface area contributed by atoms with E-state index in [2.05, 4.69) is 10.3 Å². The molecule has 1 aromatic carbocycles. The fourth-order valence-electron chi connectivity index (χ4n) is 3.61. The van der Waals surface area contributed by atoms with Gasteiger partial charge in [0, 0.05) is 37.5 Å². The topological polar surface area (TPSA) is 75.4 Å². The van der Waals surface area contributed by atoms with Gasteiger partial charge in [-0.1, -0.05) is 23.8 Å². The number of carbonyl (C=O) groups excluding carboxylic acids is 2. The van der Waals surface area contributed by atoms with E-state index < -0.39 is 0 Å². The third-order valence-corrected chi connectivity index (χ3v) is 6.27. The summed E-state index contributed by atoms with van der Waals surface area (Å²) in [7, 11) is 0. The summed E-state index contributed by atoms with van der Waals surface area (Å²) in [5.41, 5.74) is 2.96. The molecule has 0 radical (unpaired) electrons. The van der Waals surface area contributed by atoms with Crippen molar-refractivity contribution in [3.8, 4) is 11.5 Å². The van der Waals surface area contributed by atoms with Crippen LogP contribution in [0.1, 0.15) is 33.8 Å². The molecule has 1 aliphatic rings. The Balaban J connectivity index is 1.21. The van der Waals surface area contributed by atoms with Gasteiger partial charge in [0.2, 0.25) is 11.8 Å². The van der Waals surface area contributed by atoms with E-state index in [0.717, 1.165) is 16.1 Å². The van der Waals surface area contributed by atoms with Crippen molar-refractivity contribution in [1.29, 1.82) is 0 Å². The van der Waals surface area contributed by atoms with Crippen LogP contribution in [0, 0.1) is 12.8 Å².